The minimum absolute atomic E-state index is 0.0709. The summed E-state index contributed by atoms with van der Waals surface area (Å²) in [6, 6.07) is 5.24. The van der Waals surface area contributed by atoms with Crippen LogP contribution in [0.4, 0.5) is 0 Å². The van der Waals surface area contributed by atoms with Crippen LogP contribution < -0.4 is 16.2 Å². The Balaban J connectivity index is 2.21. The van der Waals surface area contributed by atoms with E-state index in [2.05, 4.69) is 0 Å². The number of amides is 1. The van der Waals surface area contributed by atoms with Gasteiger partial charge in [0.05, 0.1) is 7.11 Å². The summed E-state index contributed by atoms with van der Waals surface area (Å²) in [5.41, 5.74) is 12.6. The van der Waals surface area contributed by atoms with E-state index in [9.17, 15) is 4.79 Å². The second-order valence-electron chi connectivity index (χ2n) is 6.05. The lowest BCUT2D eigenvalue weighted by Gasteiger charge is -2.31. The summed E-state index contributed by atoms with van der Waals surface area (Å²) in [5.74, 6) is 0.487. The molecule has 116 valence electrons. The zero-order chi connectivity index (χ0) is 15.5. The summed E-state index contributed by atoms with van der Waals surface area (Å²) >= 11 is 6.07. The van der Waals surface area contributed by atoms with E-state index in [1.54, 1.807) is 13.2 Å². The number of primary amides is 1. The van der Waals surface area contributed by atoms with Gasteiger partial charge in [-0.1, -0.05) is 24.4 Å². The molecule has 1 saturated carbocycles. The monoisotopic (exact) mass is 310 g/mol. The van der Waals surface area contributed by atoms with Crippen molar-refractivity contribution < 1.29 is 9.53 Å². The van der Waals surface area contributed by atoms with Crippen molar-refractivity contribution in [3.8, 4) is 5.75 Å². The summed E-state index contributed by atoms with van der Waals surface area (Å²) in [5, 5.41) is 0.636. The van der Waals surface area contributed by atoms with Gasteiger partial charge in [0.1, 0.15) is 5.75 Å². The number of carbonyl (C=O) groups excluding carboxylic acids is 1. The SMILES string of the molecule is COc1ccc(Cl)cc1C(N)CC1(CC(N)=O)CCCC1. The third kappa shape index (κ3) is 3.89. The van der Waals surface area contributed by atoms with Crippen molar-refractivity contribution >= 4 is 17.5 Å². The molecule has 0 spiro atoms. The van der Waals surface area contributed by atoms with Gasteiger partial charge in [0.2, 0.25) is 5.91 Å². The van der Waals surface area contributed by atoms with Crippen LogP contribution in [0.5, 0.6) is 5.75 Å². The largest absolute Gasteiger partial charge is 0.496 e. The molecule has 0 heterocycles. The van der Waals surface area contributed by atoms with Gasteiger partial charge in [0.15, 0.2) is 0 Å². The predicted molar refractivity (Wildman–Crippen MR) is 84.3 cm³/mol. The molecule has 1 aromatic carbocycles. The molecule has 21 heavy (non-hydrogen) atoms. The minimum Gasteiger partial charge on any atom is -0.496 e. The highest BCUT2D eigenvalue weighted by Crippen LogP contribution is 2.47. The second-order valence-corrected chi connectivity index (χ2v) is 6.48. The number of halogens is 1. The van der Waals surface area contributed by atoms with Gasteiger partial charge in [-0.25, -0.2) is 0 Å². The van der Waals surface area contributed by atoms with Crippen molar-refractivity contribution in [3.63, 3.8) is 0 Å². The number of ether oxygens (including phenoxy) is 1. The predicted octanol–water partition coefficient (Wildman–Crippen LogP) is 3.17. The lowest BCUT2D eigenvalue weighted by Crippen LogP contribution is -2.29. The summed E-state index contributed by atoms with van der Waals surface area (Å²) in [7, 11) is 1.62. The van der Waals surface area contributed by atoms with Gasteiger partial charge in [-0.05, 0) is 42.9 Å². The maximum Gasteiger partial charge on any atom is 0.217 e. The Morgan fingerprint density at radius 1 is 1.43 bits per heavy atom. The number of methoxy groups -OCH3 is 1. The molecule has 1 amide bonds. The Morgan fingerprint density at radius 3 is 2.67 bits per heavy atom. The maximum absolute atomic E-state index is 11.4. The summed E-state index contributed by atoms with van der Waals surface area (Å²) in [4.78, 5) is 11.4. The van der Waals surface area contributed by atoms with E-state index >= 15 is 0 Å². The molecule has 1 fully saturated rings. The lowest BCUT2D eigenvalue weighted by molar-refractivity contribution is -0.120. The van der Waals surface area contributed by atoms with E-state index in [0.717, 1.165) is 43.4 Å². The van der Waals surface area contributed by atoms with Crippen LogP contribution >= 0.6 is 11.6 Å². The maximum atomic E-state index is 11.4. The lowest BCUT2D eigenvalue weighted by atomic mass is 9.76. The number of carbonyl (C=O) groups is 1. The summed E-state index contributed by atoms with van der Waals surface area (Å²) in [6.07, 6.45) is 5.41. The van der Waals surface area contributed by atoms with Gasteiger partial charge < -0.3 is 16.2 Å². The fraction of sp³-hybridized carbons (Fsp3) is 0.562. The van der Waals surface area contributed by atoms with Crippen LogP contribution in [0.15, 0.2) is 18.2 Å². The molecule has 1 unspecified atom stereocenters. The van der Waals surface area contributed by atoms with Crippen molar-refractivity contribution in [1.82, 2.24) is 0 Å². The first kappa shape index (κ1) is 16.1. The Morgan fingerprint density at radius 2 is 2.10 bits per heavy atom. The summed E-state index contributed by atoms with van der Waals surface area (Å²) in [6.45, 7) is 0. The van der Waals surface area contributed by atoms with E-state index in [-0.39, 0.29) is 17.4 Å². The van der Waals surface area contributed by atoms with E-state index in [1.165, 1.54) is 0 Å². The Labute approximate surface area is 130 Å². The van der Waals surface area contributed by atoms with Crippen LogP contribution in [-0.2, 0) is 4.79 Å². The molecule has 0 radical (unpaired) electrons. The van der Waals surface area contributed by atoms with Gasteiger partial charge in [-0.2, -0.15) is 0 Å². The molecular weight excluding hydrogens is 288 g/mol. The van der Waals surface area contributed by atoms with Crippen LogP contribution in [-0.4, -0.2) is 13.0 Å². The van der Waals surface area contributed by atoms with E-state index < -0.39 is 0 Å². The zero-order valence-corrected chi connectivity index (χ0v) is 13.2. The fourth-order valence-corrected chi connectivity index (χ4v) is 3.70. The van der Waals surface area contributed by atoms with Crippen LogP contribution in [0.2, 0.25) is 5.02 Å². The Bertz CT molecular complexity index is 513. The topological polar surface area (TPSA) is 78.3 Å². The molecule has 2 rings (SSSR count). The van der Waals surface area contributed by atoms with E-state index in [0.29, 0.717) is 11.4 Å². The molecular formula is C16H23ClN2O2. The first-order valence-electron chi connectivity index (χ1n) is 7.33. The third-order valence-electron chi connectivity index (χ3n) is 4.46. The number of hydrogen-bond donors (Lipinski definition) is 2. The average molecular weight is 311 g/mol. The molecule has 0 aliphatic heterocycles. The Kier molecular flexibility index (Phi) is 5.12. The van der Waals surface area contributed by atoms with Gasteiger partial charge in [0, 0.05) is 23.0 Å². The van der Waals surface area contributed by atoms with Crippen LogP contribution in [0, 0.1) is 5.41 Å². The number of nitrogens with two attached hydrogens (primary N) is 2. The van der Waals surface area contributed by atoms with Crippen LogP contribution in [0.25, 0.3) is 0 Å². The molecule has 1 aliphatic carbocycles. The highest BCUT2D eigenvalue weighted by molar-refractivity contribution is 6.30. The number of benzene rings is 1. The third-order valence-corrected chi connectivity index (χ3v) is 4.69. The fourth-order valence-electron chi connectivity index (χ4n) is 3.52. The first-order valence-corrected chi connectivity index (χ1v) is 7.71. The average Bonchev–Trinajstić information content (AvgIpc) is 2.85. The van der Waals surface area contributed by atoms with Crippen molar-refractivity contribution in [2.24, 2.45) is 16.9 Å². The first-order chi connectivity index (χ1) is 9.96. The van der Waals surface area contributed by atoms with Crippen molar-refractivity contribution in [2.45, 2.75) is 44.6 Å². The molecule has 1 aliphatic rings. The van der Waals surface area contributed by atoms with E-state index in [1.807, 2.05) is 12.1 Å². The standard InChI is InChI=1S/C16H23ClN2O2/c1-21-14-5-4-11(17)8-12(14)13(18)9-16(10-15(19)20)6-2-3-7-16/h4-5,8,13H,2-3,6-7,9-10,18H2,1H3,(H2,19,20). The molecule has 1 atom stereocenters. The van der Waals surface area contributed by atoms with Crippen molar-refractivity contribution in [2.75, 3.05) is 7.11 Å². The highest BCUT2D eigenvalue weighted by atomic mass is 35.5. The molecule has 1 aromatic rings. The van der Waals surface area contributed by atoms with Crippen LogP contribution in [0.1, 0.15) is 50.1 Å². The van der Waals surface area contributed by atoms with Crippen molar-refractivity contribution in [3.05, 3.63) is 28.8 Å². The second kappa shape index (κ2) is 6.67. The van der Waals surface area contributed by atoms with Gasteiger partial charge in [0.25, 0.3) is 0 Å². The summed E-state index contributed by atoms with van der Waals surface area (Å²) < 4.78 is 5.37. The molecule has 0 bridgehead atoms. The van der Waals surface area contributed by atoms with Crippen LogP contribution in [0.3, 0.4) is 0 Å². The normalized spacial score (nSPS) is 18.4. The highest BCUT2D eigenvalue weighted by Gasteiger charge is 2.37. The van der Waals surface area contributed by atoms with E-state index in [4.69, 9.17) is 27.8 Å². The molecule has 4 N–H and O–H groups in total. The van der Waals surface area contributed by atoms with Gasteiger partial charge in [-0.3, -0.25) is 4.79 Å². The quantitative estimate of drug-likeness (QED) is 0.847. The molecule has 4 nitrogen and oxygen atoms in total. The molecule has 0 saturated heterocycles. The van der Waals surface area contributed by atoms with Gasteiger partial charge >= 0.3 is 0 Å². The van der Waals surface area contributed by atoms with Crippen molar-refractivity contribution in [1.29, 1.82) is 0 Å². The molecule has 0 aromatic heterocycles. The number of rotatable bonds is 6. The van der Waals surface area contributed by atoms with Gasteiger partial charge in [-0.15, -0.1) is 0 Å². The number of hydrogen-bond acceptors (Lipinski definition) is 3. The Hall–Kier alpha value is -1.26. The molecule has 5 heteroatoms. The smallest absolute Gasteiger partial charge is 0.217 e. The minimum atomic E-state index is -0.248. The zero-order valence-electron chi connectivity index (χ0n) is 12.4.